The van der Waals surface area contributed by atoms with Crippen LogP contribution in [0, 0.1) is 6.92 Å². The third-order valence-electron chi connectivity index (χ3n) is 4.59. The summed E-state index contributed by atoms with van der Waals surface area (Å²) in [4.78, 5) is 16.4. The molecule has 1 amide bonds. The highest BCUT2D eigenvalue weighted by molar-refractivity contribution is 7.14. The molecule has 0 unspecified atom stereocenters. The van der Waals surface area contributed by atoms with Crippen molar-refractivity contribution in [2.45, 2.75) is 25.8 Å². The fourth-order valence-corrected chi connectivity index (χ4v) is 3.73. The van der Waals surface area contributed by atoms with E-state index in [0.717, 1.165) is 40.4 Å². The minimum Gasteiger partial charge on any atom is -0.397 e. The lowest BCUT2D eigenvalue weighted by molar-refractivity contribution is 0.0779. The Kier molecular flexibility index (Phi) is 6.02. The van der Waals surface area contributed by atoms with E-state index in [0.29, 0.717) is 18.3 Å². The van der Waals surface area contributed by atoms with Gasteiger partial charge in [-0.05, 0) is 31.9 Å². The lowest BCUT2D eigenvalue weighted by atomic mass is 10.1. The topological polar surface area (TPSA) is 86.5 Å². The molecule has 0 spiro atoms. The molecular formula is C21H21N3O4S. The third kappa shape index (κ3) is 4.90. The summed E-state index contributed by atoms with van der Waals surface area (Å²) >= 11 is 1.30. The van der Waals surface area contributed by atoms with Crippen molar-refractivity contribution < 1.29 is 18.8 Å². The van der Waals surface area contributed by atoms with Crippen molar-refractivity contribution >= 4 is 29.6 Å². The van der Waals surface area contributed by atoms with E-state index in [1.807, 2.05) is 49.4 Å². The van der Waals surface area contributed by atoms with Gasteiger partial charge in [0.05, 0.1) is 6.20 Å². The van der Waals surface area contributed by atoms with Gasteiger partial charge in [-0.1, -0.05) is 46.8 Å². The van der Waals surface area contributed by atoms with Crippen LogP contribution in [0.5, 0.6) is 5.06 Å². The van der Waals surface area contributed by atoms with Crippen LogP contribution in [0.1, 0.15) is 29.2 Å². The van der Waals surface area contributed by atoms with Gasteiger partial charge in [-0.3, -0.25) is 0 Å². The first-order valence-corrected chi connectivity index (χ1v) is 10.2. The van der Waals surface area contributed by atoms with Gasteiger partial charge in [0, 0.05) is 30.4 Å². The first-order chi connectivity index (χ1) is 14.2. The van der Waals surface area contributed by atoms with E-state index in [-0.39, 0.29) is 6.04 Å². The van der Waals surface area contributed by atoms with Crippen molar-refractivity contribution in [2.75, 3.05) is 13.2 Å². The summed E-state index contributed by atoms with van der Waals surface area (Å²) in [5.74, 6) is 0.726. The average Bonchev–Trinajstić information content (AvgIpc) is 3.34. The minimum atomic E-state index is -0.461. The van der Waals surface area contributed by atoms with Crippen LogP contribution in [0.15, 0.2) is 41.1 Å². The normalized spacial score (nSPS) is 14.9. The predicted octanol–water partition coefficient (Wildman–Crippen LogP) is 4.54. The maximum atomic E-state index is 12.0. The van der Waals surface area contributed by atoms with Crippen molar-refractivity contribution in [1.29, 1.82) is 0 Å². The monoisotopic (exact) mass is 411 g/mol. The smallest absolute Gasteiger partial charge is 0.397 e. The van der Waals surface area contributed by atoms with Crippen LogP contribution < -0.4 is 10.1 Å². The van der Waals surface area contributed by atoms with E-state index < -0.39 is 6.09 Å². The van der Waals surface area contributed by atoms with Gasteiger partial charge in [0.2, 0.25) is 5.06 Å². The van der Waals surface area contributed by atoms with Gasteiger partial charge in [0.1, 0.15) is 16.5 Å². The molecule has 4 rings (SSSR count). The van der Waals surface area contributed by atoms with Crippen molar-refractivity contribution in [2.24, 2.45) is 0 Å². The Morgan fingerprint density at radius 3 is 2.83 bits per heavy atom. The molecule has 1 fully saturated rings. The number of thiazole rings is 1. The third-order valence-corrected chi connectivity index (χ3v) is 5.43. The molecule has 7 nitrogen and oxygen atoms in total. The molecule has 29 heavy (non-hydrogen) atoms. The molecule has 1 aliphatic rings. The van der Waals surface area contributed by atoms with Crippen LogP contribution in [0.2, 0.25) is 0 Å². The van der Waals surface area contributed by atoms with Crippen LogP contribution >= 0.6 is 11.3 Å². The molecule has 8 heteroatoms. The SMILES string of the molecule is Cc1onc(-c2ccccc2)c1/C=C/c1ncc(OC(=O)NC2CCOCC2)s1. The molecule has 3 aromatic rings. The second-order valence-corrected chi connectivity index (χ2v) is 7.66. The molecule has 0 saturated carbocycles. The van der Waals surface area contributed by atoms with Gasteiger partial charge in [-0.15, -0.1) is 0 Å². The summed E-state index contributed by atoms with van der Waals surface area (Å²) in [6.07, 6.45) is 6.46. The van der Waals surface area contributed by atoms with Crippen LogP contribution in [0.4, 0.5) is 4.79 Å². The maximum absolute atomic E-state index is 12.0. The molecule has 1 aromatic carbocycles. The molecule has 1 saturated heterocycles. The molecule has 0 bridgehead atoms. The molecule has 2 aromatic heterocycles. The van der Waals surface area contributed by atoms with E-state index in [1.165, 1.54) is 11.3 Å². The van der Waals surface area contributed by atoms with Crippen LogP contribution in [-0.2, 0) is 4.74 Å². The van der Waals surface area contributed by atoms with E-state index in [4.69, 9.17) is 14.0 Å². The van der Waals surface area contributed by atoms with Gasteiger partial charge in [-0.2, -0.15) is 0 Å². The molecule has 0 radical (unpaired) electrons. The standard InChI is InChI=1S/C21H21N3O4S/c1-14-17(20(24-28-14)15-5-3-2-4-6-15)7-8-18-22-13-19(29-18)27-21(25)23-16-9-11-26-12-10-16/h2-8,13,16H,9-12H2,1H3,(H,23,25)/b8-7+. The van der Waals surface area contributed by atoms with Crippen LogP contribution in [0.25, 0.3) is 23.4 Å². The highest BCUT2D eigenvalue weighted by atomic mass is 32.1. The number of hydrogen-bond donors (Lipinski definition) is 1. The van der Waals surface area contributed by atoms with Crippen molar-refractivity contribution in [3.05, 3.63) is 52.9 Å². The number of ether oxygens (including phenoxy) is 2. The number of carbonyl (C=O) groups excluding carboxylic acids is 1. The number of rotatable bonds is 5. The summed E-state index contributed by atoms with van der Waals surface area (Å²) in [5.41, 5.74) is 2.66. The van der Waals surface area contributed by atoms with Gasteiger partial charge in [-0.25, -0.2) is 9.78 Å². The largest absolute Gasteiger partial charge is 0.413 e. The molecule has 1 N–H and O–H groups in total. The van der Waals surface area contributed by atoms with Crippen LogP contribution in [-0.4, -0.2) is 35.5 Å². The van der Waals surface area contributed by atoms with Crippen molar-refractivity contribution in [3.63, 3.8) is 0 Å². The second kappa shape index (κ2) is 9.02. The molecule has 3 heterocycles. The first kappa shape index (κ1) is 19.4. The Morgan fingerprint density at radius 2 is 2.03 bits per heavy atom. The van der Waals surface area contributed by atoms with Gasteiger partial charge in [0.15, 0.2) is 0 Å². The Bertz CT molecular complexity index is 991. The second-order valence-electron chi connectivity index (χ2n) is 6.64. The summed E-state index contributed by atoms with van der Waals surface area (Å²) in [6.45, 7) is 3.19. The van der Waals surface area contributed by atoms with Crippen molar-refractivity contribution in [3.8, 4) is 16.3 Å². The maximum Gasteiger partial charge on any atom is 0.413 e. The number of aryl methyl sites for hydroxylation is 1. The Balaban J connectivity index is 1.41. The highest BCUT2D eigenvalue weighted by Crippen LogP contribution is 2.28. The molecule has 0 aliphatic carbocycles. The summed E-state index contributed by atoms with van der Waals surface area (Å²) in [5, 5.41) is 8.20. The molecule has 0 atom stereocenters. The molecular weight excluding hydrogens is 390 g/mol. The quantitative estimate of drug-likeness (QED) is 0.663. The lowest BCUT2D eigenvalue weighted by Gasteiger charge is -2.22. The lowest BCUT2D eigenvalue weighted by Crippen LogP contribution is -2.40. The molecule has 150 valence electrons. The number of aromatic nitrogens is 2. The van der Waals surface area contributed by atoms with E-state index >= 15 is 0 Å². The van der Waals surface area contributed by atoms with Crippen molar-refractivity contribution in [1.82, 2.24) is 15.5 Å². The number of nitrogens with zero attached hydrogens (tertiary/aromatic N) is 2. The summed E-state index contributed by atoms with van der Waals surface area (Å²) in [7, 11) is 0. The Labute approximate surface area is 172 Å². The zero-order valence-electron chi connectivity index (χ0n) is 16.0. The zero-order valence-corrected chi connectivity index (χ0v) is 16.8. The van der Waals surface area contributed by atoms with E-state index in [9.17, 15) is 4.79 Å². The van der Waals surface area contributed by atoms with Gasteiger partial charge >= 0.3 is 6.09 Å². The van der Waals surface area contributed by atoms with Gasteiger partial charge in [0.25, 0.3) is 0 Å². The zero-order chi connectivity index (χ0) is 20.1. The predicted molar refractivity (Wildman–Crippen MR) is 111 cm³/mol. The minimum absolute atomic E-state index is 0.0940. The highest BCUT2D eigenvalue weighted by Gasteiger charge is 2.18. The molecule has 1 aliphatic heterocycles. The van der Waals surface area contributed by atoms with Crippen LogP contribution in [0.3, 0.4) is 0 Å². The van der Waals surface area contributed by atoms with E-state index in [1.54, 1.807) is 6.20 Å². The Hall–Kier alpha value is -2.97. The van der Waals surface area contributed by atoms with Gasteiger partial charge < -0.3 is 19.3 Å². The van der Waals surface area contributed by atoms with E-state index in [2.05, 4.69) is 15.5 Å². The fraction of sp³-hybridized carbons (Fsp3) is 0.286. The number of benzene rings is 1. The summed E-state index contributed by atoms with van der Waals surface area (Å²) < 4.78 is 16.0. The Morgan fingerprint density at radius 1 is 1.24 bits per heavy atom. The number of amides is 1. The average molecular weight is 411 g/mol. The number of hydrogen-bond acceptors (Lipinski definition) is 7. The fourth-order valence-electron chi connectivity index (χ4n) is 3.06. The number of carbonyl (C=O) groups is 1. The first-order valence-electron chi connectivity index (χ1n) is 9.41. The summed E-state index contributed by atoms with van der Waals surface area (Å²) in [6, 6.07) is 9.95. The number of nitrogens with one attached hydrogen (secondary N) is 1.